The number of aliphatic hydroxyl groups excluding tert-OH is 2. The smallest absolute Gasteiger partial charge is 0.0761 e. The van der Waals surface area contributed by atoms with Crippen LogP contribution < -0.4 is 0 Å². The predicted molar refractivity (Wildman–Crippen MR) is 73.1 cm³/mol. The minimum atomic E-state index is -0.434. The molecule has 0 aliphatic rings. The van der Waals surface area contributed by atoms with Crippen LogP contribution in [0, 0.1) is 0 Å². The van der Waals surface area contributed by atoms with E-state index in [-0.39, 0.29) is 0 Å². The molecule has 0 bridgehead atoms. The highest BCUT2D eigenvalue weighted by molar-refractivity contribution is 5.64. The van der Waals surface area contributed by atoms with Gasteiger partial charge in [-0.2, -0.15) is 0 Å². The van der Waals surface area contributed by atoms with Crippen LogP contribution in [-0.2, 0) is 0 Å². The summed E-state index contributed by atoms with van der Waals surface area (Å²) in [6.45, 7) is 3.51. The zero-order chi connectivity index (χ0) is 13.1. The zero-order valence-corrected chi connectivity index (χ0v) is 10.7. The van der Waals surface area contributed by atoms with Crippen molar-refractivity contribution in [3.63, 3.8) is 0 Å². The van der Waals surface area contributed by atoms with Crippen LogP contribution >= 0.6 is 0 Å². The van der Waals surface area contributed by atoms with Crippen molar-refractivity contribution in [1.29, 1.82) is 0 Å². The number of benzene rings is 2. The van der Waals surface area contributed by atoms with Gasteiger partial charge in [-0.3, -0.25) is 0 Å². The van der Waals surface area contributed by atoms with Crippen molar-refractivity contribution in [2.24, 2.45) is 0 Å². The van der Waals surface area contributed by atoms with Crippen LogP contribution in [0.5, 0.6) is 0 Å². The van der Waals surface area contributed by atoms with Crippen LogP contribution in [0.15, 0.2) is 48.5 Å². The largest absolute Gasteiger partial charge is 0.389 e. The summed E-state index contributed by atoms with van der Waals surface area (Å²) in [6, 6.07) is 15.7. The summed E-state index contributed by atoms with van der Waals surface area (Å²) < 4.78 is 0. The predicted octanol–water partition coefficient (Wildman–Crippen LogP) is 3.46. The lowest BCUT2D eigenvalue weighted by molar-refractivity contribution is 0.199. The van der Waals surface area contributed by atoms with Crippen LogP contribution in [0.1, 0.15) is 37.2 Å². The van der Waals surface area contributed by atoms with Gasteiger partial charge in [0.25, 0.3) is 0 Å². The molecule has 2 atom stereocenters. The Morgan fingerprint density at radius 1 is 0.611 bits per heavy atom. The molecule has 0 aliphatic carbocycles. The average molecular weight is 242 g/mol. The lowest BCUT2D eigenvalue weighted by Gasteiger charge is -2.08. The maximum Gasteiger partial charge on any atom is 0.0761 e. The molecule has 2 heteroatoms. The highest BCUT2D eigenvalue weighted by Crippen LogP contribution is 2.23. The van der Waals surface area contributed by atoms with Gasteiger partial charge in [0.1, 0.15) is 0 Å². The summed E-state index contributed by atoms with van der Waals surface area (Å²) in [7, 11) is 0. The Bertz CT molecular complexity index is 446. The Morgan fingerprint density at radius 3 is 1.11 bits per heavy atom. The molecule has 0 amide bonds. The van der Waals surface area contributed by atoms with Gasteiger partial charge in [0.15, 0.2) is 0 Å². The number of rotatable bonds is 3. The topological polar surface area (TPSA) is 40.5 Å². The Kier molecular flexibility index (Phi) is 3.80. The summed E-state index contributed by atoms with van der Waals surface area (Å²) in [5.41, 5.74) is 4.05. The van der Waals surface area contributed by atoms with Crippen molar-refractivity contribution in [1.82, 2.24) is 0 Å². The van der Waals surface area contributed by atoms with Crippen molar-refractivity contribution >= 4 is 0 Å². The molecule has 94 valence electrons. The molecule has 0 saturated carbocycles. The Balaban J connectivity index is 2.25. The second kappa shape index (κ2) is 5.34. The van der Waals surface area contributed by atoms with E-state index in [0.717, 1.165) is 22.3 Å². The van der Waals surface area contributed by atoms with Gasteiger partial charge >= 0.3 is 0 Å². The molecule has 0 radical (unpaired) electrons. The van der Waals surface area contributed by atoms with Gasteiger partial charge < -0.3 is 10.2 Å². The minimum Gasteiger partial charge on any atom is -0.389 e. The van der Waals surface area contributed by atoms with E-state index >= 15 is 0 Å². The second-order valence-corrected chi connectivity index (χ2v) is 4.60. The summed E-state index contributed by atoms with van der Waals surface area (Å²) in [5.74, 6) is 0. The minimum absolute atomic E-state index is 0.434. The summed E-state index contributed by atoms with van der Waals surface area (Å²) in [6.07, 6.45) is -0.867. The summed E-state index contributed by atoms with van der Waals surface area (Å²) in [5, 5.41) is 18.9. The monoisotopic (exact) mass is 242 g/mol. The highest BCUT2D eigenvalue weighted by atomic mass is 16.3. The van der Waals surface area contributed by atoms with E-state index in [9.17, 15) is 10.2 Å². The molecule has 2 N–H and O–H groups in total. The molecule has 2 unspecified atom stereocenters. The van der Waals surface area contributed by atoms with E-state index in [1.807, 2.05) is 48.5 Å². The van der Waals surface area contributed by atoms with E-state index in [4.69, 9.17) is 0 Å². The Morgan fingerprint density at radius 2 is 0.889 bits per heavy atom. The highest BCUT2D eigenvalue weighted by Gasteiger charge is 2.03. The van der Waals surface area contributed by atoms with Crippen molar-refractivity contribution in [3.8, 4) is 11.1 Å². The van der Waals surface area contributed by atoms with Gasteiger partial charge in [-0.05, 0) is 36.1 Å². The molecule has 18 heavy (non-hydrogen) atoms. The molecule has 0 spiro atoms. The number of hydrogen-bond acceptors (Lipinski definition) is 2. The fourth-order valence-electron chi connectivity index (χ4n) is 1.91. The average Bonchev–Trinajstić information content (AvgIpc) is 2.39. The van der Waals surface area contributed by atoms with Crippen LogP contribution in [-0.4, -0.2) is 10.2 Å². The SMILES string of the molecule is CC(O)c1ccc(-c2ccc(C(C)O)cc2)cc1. The van der Waals surface area contributed by atoms with E-state index in [2.05, 4.69) is 0 Å². The van der Waals surface area contributed by atoms with Gasteiger partial charge in [0.2, 0.25) is 0 Å². The normalized spacial score (nSPS) is 14.2. The molecule has 2 rings (SSSR count). The van der Waals surface area contributed by atoms with Gasteiger partial charge in [-0.1, -0.05) is 48.5 Å². The first-order valence-electron chi connectivity index (χ1n) is 6.14. The molecule has 0 aliphatic heterocycles. The molecular weight excluding hydrogens is 224 g/mol. The maximum atomic E-state index is 9.45. The summed E-state index contributed by atoms with van der Waals surface area (Å²) in [4.78, 5) is 0. The third kappa shape index (κ3) is 2.78. The van der Waals surface area contributed by atoms with Crippen LogP contribution in [0.3, 0.4) is 0 Å². The van der Waals surface area contributed by atoms with Crippen molar-refractivity contribution in [2.75, 3.05) is 0 Å². The zero-order valence-electron chi connectivity index (χ0n) is 10.7. The molecular formula is C16H18O2. The maximum absolute atomic E-state index is 9.45. The van der Waals surface area contributed by atoms with Crippen molar-refractivity contribution in [2.45, 2.75) is 26.1 Å². The van der Waals surface area contributed by atoms with Crippen molar-refractivity contribution in [3.05, 3.63) is 59.7 Å². The van der Waals surface area contributed by atoms with E-state index < -0.39 is 12.2 Å². The van der Waals surface area contributed by atoms with E-state index in [1.54, 1.807) is 13.8 Å². The van der Waals surface area contributed by atoms with Gasteiger partial charge in [0.05, 0.1) is 12.2 Å². The van der Waals surface area contributed by atoms with Gasteiger partial charge in [-0.15, -0.1) is 0 Å². The number of aliphatic hydroxyl groups is 2. The quantitative estimate of drug-likeness (QED) is 0.865. The summed E-state index contributed by atoms with van der Waals surface area (Å²) >= 11 is 0. The van der Waals surface area contributed by atoms with E-state index in [1.165, 1.54) is 0 Å². The van der Waals surface area contributed by atoms with Gasteiger partial charge in [-0.25, -0.2) is 0 Å². The first-order chi connectivity index (χ1) is 8.58. The fraction of sp³-hybridized carbons (Fsp3) is 0.250. The van der Waals surface area contributed by atoms with E-state index in [0.29, 0.717) is 0 Å². The lowest BCUT2D eigenvalue weighted by atomic mass is 10.0. The Hall–Kier alpha value is -1.64. The molecule has 2 nitrogen and oxygen atoms in total. The van der Waals surface area contributed by atoms with Crippen LogP contribution in [0.25, 0.3) is 11.1 Å². The molecule has 0 aromatic heterocycles. The first-order valence-corrected chi connectivity index (χ1v) is 6.14. The van der Waals surface area contributed by atoms with Crippen LogP contribution in [0.2, 0.25) is 0 Å². The third-order valence-corrected chi connectivity index (χ3v) is 3.12. The second-order valence-electron chi connectivity index (χ2n) is 4.60. The molecule has 0 saturated heterocycles. The van der Waals surface area contributed by atoms with Crippen molar-refractivity contribution < 1.29 is 10.2 Å². The third-order valence-electron chi connectivity index (χ3n) is 3.12. The molecule has 2 aromatic carbocycles. The molecule has 0 fully saturated rings. The Labute approximate surface area is 108 Å². The molecule has 2 aromatic rings. The van der Waals surface area contributed by atoms with Gasteiger partial charge in [0, 0.05) is 0 Å². The fourth-order valence-corrected chi connectivity index (χ4v) is 1.91. The number of hydrogen-bond donors (Lipinski definition) is 2. The first kappa shape index (κ1) is 12.8. The molecule has 0 heterocycles. The van der Waals surface area contributed by atoms with Crippen LogP contribution in [0.4, 0.5) is 0 Å². The lowest BCUT2D eigenvalue weighted by Crippen LogP contribution is -1.91. The standard InChI is InChI=1S/C16H18O2/c1-11(17)13-3-7-15(8-4-13)16-9-5-14(6-10-16)12(2)18/h3-12,17-18H,1-2H3.